The quantitative estimate of drug-likeness (QED) is 0.00952. The van der Waals surface area contributed by atoms with Crippen LogP contribution >= 0.6 is 12.0 Å². The number of benzene rings is 2. The van der Waals surface area contributed by atoms with E-state index in [1.54, 1.807) is 25.2 Å². The second-order valence-corrected chi connectivity index (χ2v) is 28.0. The van der Waals surface area contributed by atoms with Crippen LogP contribution < -0.4 is 15.1 Å². The molecule has 0 bridgehead atoms. The van der Waals surface area contributed by atoms with Crippen LogP contribution in [0.25, 0.3) is 0 Å². The lowest BCUT2D eigenvalue weighted by Gasteiger charge is -2.29. The molecule has 35 heteroatoms. The maximum atomic E-state index is 12.4. The number of methoxy groups -OCH3 is 2. The van der Waals surface area contributed by atoms with Crippen molar-refractivity contribution in [1.29, 1.82) is 0 Å². The van der Waals surface area contributed by atoms with Gasteiger partial charge in [0.25, 0.3) is 0 Å². The van der Waals surface area contributed by atoms with Crippen LogP contribution in [0.4, 0.5) is 11.4 Å². The Bertz CT molecular complexity index is 2970. The molecular formula is C83H143N3O30S2. The molecular weight excluding hydrogens is 1580 g/mol. The Balaban J connectivity index is 0.00000594. The molecule has 118 heavy (non-hydrogen) atoms. The summed E-state index contributed by atoms with van der Waals surface area (Å²) < 4.78 is 142. The number of allylic oxidation sites excluding steroid dienone is 6. The Morgan fingerprint density at radius 2 is 0.856 bits per heavy atom. The van der Waals surface area contributed by atoms with Gasteiger partial charge in [0.15, 0.2) is 5.71 Å². The van der Waals surface area contributed by atoms with E-state index in [2.05, 4.69) is 68.5 Å². The number of rotatable bonds is 79. The molecule has 2 atom stereocenters. The van der Waals surface area contributed by atoms with E-state index in [0.29, 0.717) is 267 Å². The van der Waals surface area contributed by atoms with Crippen LogP contribution in [0.3, 0.4) is 0 Å². The van der Waals surface area contributed by atoms with Gasteiger partial charge in [-0.05, 0) is 109 Å². The second-order valence-electron chi connectivity index (χ2n) is 25.9. The minimum absolute atomic E-state index is 0.0621. The molecule has 0 saturated carbocycles. The summed E-state index contributed by atoms with van der Waals surface area (Å²) in [5, 5.41) is 24.0. The molecule has 0 radical (unpaired) electrons. The van der Waals surface area contributed by atoms with Gasteiger partial charge in [-0.3, -0.25) is 9.83 Å². The van der Waals surface area contributed by atoms with Crippen molar-refractivity contribution in [1.82, 2.24) is 0 Å². The van der Waals surface area contributed by atoms with E-state index < -0.39 is 26.9 Å². The van der Waals surface area contributed by atoms with Gasteiger partial charge in [0, 0.05) is 73.0 Å². The van der Waals surface area contributed by atoms with Crippen LogP contribution in [0.1, 0.15) is 91.2 Å². The van der Waals surface area contributed by atoms with E-state index in [-0.39, 0.29) is 51.0 Å². The van der Waals surface area contributed by atoms with Crippen molar-refractivity contribution in [3.8, 4) is 0 Å². The van der Waals surface area contributed by atoms with E-state index in [0.717, 1.165) is 40.4 Å². The van der Waals surface area contributed by atoms with E-state index in [9.17, 15) is 28.1 Å². The van der Waals surface area contributed by atoms with Crippen molar-refractivity contribution in [3.05, 3.63) is 110 Å². The number of ether oxygens (including phenoxy) is 18. The number of carboxylic acid groups (broad SMARTS) is 1. The number of quaternary nitrogens is 1. The molecule has 2 heterocycles. The van der Waals surface area contributed by atoms with Gasteiger partial charge in [-0.1, -0.05) is 18.2 Å². The third kappa shape index (κ3) is 52.0. The topological polar surface area (TPSA) is 350 Å². The zero-order chi connectivity index (χ0) is 86.5. The summed E-state index contributed by atoms with van der Waals surface area (Å²) in [6, 6.07) is 10.2. The Morgan fingerprint density at radius 3 is 1.20 bits per heavy atom. The van der Waals surface area contributed by atoms with Gasteiger partial charge >= 0.3 is 5.97 Å². The summed E-state index contributed by atoms with van der Waals surface area (Å²) in [7, 11) is -1.53. The molecule has 33 nitrogen and oxygen atoms in total. The van der Waals surface area contributed by atoms with Crippen molar-refractivity contribution in [3.63, 3.8) is 0 Å². The zero-order valence-corrected chi connectivity index (χ0v) is 73.5. The first-order chi connectivity index (χ1) is 57.7. The summed E-state index contributed by atoms with van der Waals surface area (Å²) in [5.74, 6) is -0.852. The number of aliphatic carboxylic acids is 1. The predicted molar refractivity (Wildman–Crippen MR) is 444 cm³/mol. The van der Waals surface area contributed by atoms with Crippen molar-refractivity contribution in [2.24, 2.45) is 0 Å². The molecule has 0 saturated heterocycles. The van der Waals surface area contributed by atoms with Gasteiger partial charge in [0.2, 0.25) is 5.69 Å². The lowest BCUT2D eigenvalue weighted by atomic mass is 9.76. The molecule has 682 valence electrons. The number of nitrogens with zero attached hydrogens (tertiary/aromatic N) is 2. The summed E-state index contributed by atoms with van der Waals surface area (Å²) in [4.78, 5) is 38.0. The van der Waals surface area contributed by atoms with Crippen LogP contribution in [-0.4, -0.2) is 332 Å². The number of unbranched alkanes of at least 4 members (excludes halogenated alkanes) is 2. The van der Waals surface area contributed by atoms with E-state index in [1.165, 1.54) is 31.8 Å². The standard InChI is InChI=1S/C73H120N2O30S2.C6H15N.2C2H4/c1-6-74-67-19-17-64(107(79,80)81)62-66(67)73(3,21-24-101-103-60-58-99-56-54-97-52-50-95-48-46-93-44-42-91-40-38-89-36-34-87-32-30-85-28-26-83-5)69(74)13-9-7-10-14-70-72(2,65-61-63(106-105-104-78)16-18-68(65)75(70)22-12-8-11-15-71(76)77)20-23-100-102-59-57-98-55-53-96-51-49-94-47-45-92-43-41-90-39-37-88-35-33-86-31-29-84-27-25-82-4;1-4-7(5-2)6-3;2*1-2/h7,9-10,13-14,16-19,61-62H,6,8,11-12,15,20-60H2,1-5H3,(H2-,76,77,78,79,80,81);4-6H2,1-3H3;2*1-2H2. The second kappa shape index (κ2) is 77.1. The Kier molecular flexibility index (Phi) is 72.8. The van der Waals surface area contributed by atoms with Gasteiger partial charge in [0.1, 0.15) is 29.9 Å². The molecule has 4 rings (SSSR count). The zero-order valence-electron chi connectivity index (χ0n) is 71.8. The number of anilines is 1. The fraction of sp³-hybridized carbons (Fsp3) is 0.711. The Labute approximate surface area is 707 Å². The predicted octanol–water partition coefficient (Wildman–Crippen LogP) is 7.39. The molecule has 2 unspecified atom stereocenters. The summed E-state index contributed by atoms with van der Waals surface area (Å²) in [6.45, 7) is 45.4. The molecule has 2 N–H and O–H groups in total. The molecule has 2 aliphatic heterocycles. The van der Waals surface area contributed by atoms with Crippen molar-refractivity contribution in [2.45, 2.75) is 101 Å². The number of nitrogens with one attached hydrogen (secondary N) is 1. The number of hydrogen-bond acceptors (Lipinski definition) is 31. The van der Waals surface area contributed by atoms with Gasteiger partial charge in [-0.25, -0.2) is 28.0 Å². The summed E-state index contributed by atoms with van der Waals surface area (Å²) in [6.07, 6.45) is 12.5. The maximum Gasteiger partial charge on any atom is 0.303 e. The number of carboxylic acids is 1. The van der Waals surface area contributed by atoms with Crippen molar-refractivity contribution in [2.75, 3.05) is 303 Å². The van der Waals surface area contributed by atoms with E-state index >= 15 is 0 Å². The molecule has 0 aliphatic carbocycles. The minimum Gasteiger partial charge on any atom is -0.744 e. The lowest BCUT2D eigenvalue weighted by Crippen LogP contribution is -3.11. The maximum absolute atomic E-state index is 12.4. The first-order valence-electron chi connectivity index (χ1n) is 40.8. The van der Waals surface area contributed by atoms with Gasteiger partial charge < -0.3 is 110 Å². The minimum atomic E-state index is -4.79. The van der Waals surface area contributed by atoms with Crippen LogP contribution in [-0.2, 0) is 140 Å². The smallest absolute Gasteiger partial charge is 0.303 e. The van der Waals surface area contributed by atoms with Gasteiger partial charge in [0.05, 0.1) is 280 Å². The number of fused-ring (bicyclic) bond motifs is 2. The average molecular weight is 1730 g/mol. The molecule has 0 amide bonds. The average Bonchev–Trinajstić information content (AvgIpc) is 1.58. The van der Waals surface area contributed by atoms with Gasteiger partial charge in [-0.15, -0.1) is 26.3 Å². The Morgan fingerprint density at radius 1 is 0.483 bits per heavy atom. The lowest BCUT2D eigenvalue weighted by molar-refractivity contribution is -0.894. The molecule has 2 aromatic rings. The Hall–Kier alpha value is -4.70. The third-order valence-corrected chi connectivity index (χ3v) is 19.3. The molecule has 2 aliphatic rings. The number of carbonyl (C=O) groups is 1. The van der Waals surface area contributed by atoms with Crippen molar-refractivity contribution < 1.29 is 152 Å². The number of hydrogen-bond donors (Lipinski definition) is 2. The fourth-order valence-electron chi connectivity index (χ4n) is 11.7. The normalized spacial score (nSPS) is 15.5. The van der Waals surface area contributed by atoms with Crippen LogP contribution in [0, 0.1) is 0 Å². The number of likely N-dealkylation sites (N-methyl/N-ethyl adjacent to an activating group) is 1. The highest BCUT2D eigenvalue weighted by atomic mass is 32.2. The highest BCUT2D eigenvalue weighted by molar-refractivity contribution is 7.94. The highest BCUT2D eigenvalue weighted by Crippen LogP contribution is 2.51. The molecule has 2 aromatic carbocycles. The van der Waals surface area contributed by atoms with Crippen LogP contribution in [0.15, 0.2) is 109 Å². The largest absolute Gasteiger partial charge is 0.744 e. The van der Waals surface area contributed by atoms with E-state index in [4.69, 9.17) is 109 Å². The summed E-state index contributed by atoms with van der Waals surface area (Å²) >= 11 is 0.786. The summed E-state index contributed by atoms with van der Waals surface area (Å²) in [5.41, 5.74) is 3.49. The highest BCUT2D eigenvalue weighted by Gasteiger charge is 2.48. The van der Waals surface area contributed by atoms with E-state index in [1.807, 2.05) is 62.4 Å². The molecule has 0 fully saturated rings. The van der Waals surface area contributed by atoms with Gasteiger partial charge in [-0.2, -0.15) is 8.91 Å². The third-order valence-electron chi connectivity index (χ3n) is 17.9. The molecule has 0 aromatic heterocycles. The first-order valence-corrected chi connectivity index (χ1v) is 43.0. The monoisotopic (exact) mass is 1730 g/mol. The SMILES string of the molecule is C=C.C=C.CCN1C(=CC=CC=CC2=[N+](CCCCCC(=O)O)c3ccc(SOO[O-])cc3C2(C)CCOOCCOCCOCCOCCOCCOCCOCCOCCOCCOC)C(C)(CCOOCCOCCOCCOCCOCCOCCOCCOCCOCCOC)c2cc(S(=O)(=O)[O-])ccc21.CC[NH+](CC)CC. The fourth-order valence-corrected chi connectivity index (χ4v) is 12.6. The van der Waals surface area contributed by atoms with Crippen LogP contribution in [0.5, 0.6) is 0 Å². The van der Waals surface area contributed by atoms with Crippen LogP contribution in [0.2, 0.25) is 0 Å². The van der Waals surface area contributed by atoms with Crippen molar-refractivity contribution >= 4 is 45.2 Å². The first kappa shape index (κ1) is 111. The molecule has 0 spiro atoms.